The SMILES string of the molecule is COc1ccc2c(c1)C(N)CC(C)(CC1CCC1)O2. The van der Waals surface area contributed by atoms with E-state index in [-0.39, 0.29) is 11.6 Å². The molecule has 2 atom stereocenters. The molecule has 1 saturated carbocycles. The van der Waals surface area contributed by atoms with Gasteiger partial charge >= 0.3 is 0 Å². The third-order valence-corrected chi connectivity index (χ3v) is 4.57. The molecule has 2 aliphatic rings. The molecule has 3 nitrogen and oxygen atoms in total. The fraction of sp³-hybridized carbons (Fsp3) is 0.625. The van der Waals surface area contributed by atoms with Crippen molar-refractivity contribution >= 4 is 0 Å². The summed E-state index contributed by atoms with van der Waals surface area (Å²) < 4.78 is 11.5. The molecule has 1 aliphatic carbocycles. The lowest BCUT2D eigenvalue weighted by molar-refractivity contribution is 0.0170. The highest BCUT2D eigenvalue weighted by Gasteiger charge is 2.39. The Labute approximate surface area is 115 Å². The lowest BCUT2D eigenvalue weighted by atomic mass is 9.74. The molecular weight excluding hydrogens is 238 g/mol. The first-order valence-electron chi connectivity index (χ1n) is 7.22. The van der Waals surface area contributed by atoms with E-state index in [0.29, 0.717) is 0 Å². The molecule has 0 aromatic heterocycles. The Bertz CT molecular complexity index is 470. The number of nitrogens with two attached hydrogens (primary N) is 1. The number of methoxy groups -OCH3 is 1. The normalized spacial score (nSPS) is 30.2. The van der Waals surface area contributed by atoms with Crippen molar-refractivity contribution in [3.05, 3.63) is 23.8 Å². The van der Waals surface area contributed by atoms with Crippen molar-refractivity contribution in [2.75, 3.05) is 7.11 Å². The van der Waals surface area contributed by atoms with Crippen LogP contribution < -0.4 is 15.2 Å². The average molecular weight is 261 g/mol. The van der Waals surface area contributed by atoms with Crippen molar-refractivity contribution < 1.29 is 9.47 Å². The molecule has 1 heterocycles. The van der Waals surface area contributed by atoms with Crippen molar-refractivity contribution in [3.8, 4) is 11.5 Å². The summed E-state index contributed by atoms with van der Waals surface area (Å²) in [6.45, 7) is 2.21. The maximum Gasteiger partial charge on any atom is 0.125 e. The Morgan fingerprint density at radius 1 is 1.42 bits per heavy atom. The summed E-state index contributed by atoms with van der Waals surface area (Å²) in [5, 5.41) is 0. The summed E-state index contributed by atoms with van der Waals surface area (Å²) in [5.41, 5.74) is 7.31. The molecule has 1 aromatic carbocycles. The quantitative estimate of drug-likeness (QED) is 0.906. The van der Waals surface area contributed by atoms with Crippen LogP contribution in [0.5, 0.6) is 11.5 Å². The van der Waals surface area contributed by atoms with Gasteiger partial charge in [0.25, 0.3) is 0 Å². The highest BCUT2D eigenvalue weighted by Crippen LogP contribution is 2.45. The van der Waals surface area contributed by atoms with Gasteiger partial charge in [0.05, 0.1) is 7.11 Å². The Hall–Kier alpha value is -1.22. The molecule has 1 aromatic rings. The minimum absolute atomic E-state index is 0.0453. The molecule has 0 bridgehead atoms. The van der Waals surface area contributed by atoms with Crippen LogP contribution in [0.15, 0.2) is 18.2 Å². The van der Waals surface area contributed by atoms with Gasteiger partial charge in [-0.2, -0.15) is 0 Å². The summed E-state index contributed by atoms with van der Waals surface area (Å²) in [4.78, 5) is 0. The number of hydrogen-bond acceptors (Lipinski definition) is 3. The highest BCUT2D eigenvalue weighted by atomic mass is 16.5. The summed E-state index contributed by atoms with van der Waals surface area (Å²) in [7, 11) is 1.68. The predicted octanol–water partition coefficient (Wildman–Crippen LogP) is 3.43. The van der Waals surface area contributed by atoms with Crippen LogP contribution in [0, 0.1) is 5.92 Å². The summed E-state index contributed by atoms with van der Waals surface area (Å²) in [6, 6.07) is 5.99. The highest BCUT2D eigenvalue weighted by molar-refractivity contribution is 5.44. The number of rotatable bonds is 3. The Morgan fingerprint density at radius 3 is 2.84 bits per heavy atom. The maximum atomic E-state index is 6.35. The summed E-state index contributed by atoms with van der Waals surface area (Å²) in [5.74, 6) is 2.61. The van der Waals surface area contributed by atoms with Gasteiger partial charge in [-0.25, -0.2) is 0 Å². The van der Waals surface area contributed by atoms with Gasteiger partial charge in [0, 0.05) is 18.0 Å². The van der Waals surface area contributed by atoms with Crippen molar-refractivity contribution in [1.82, 2.24) is 0 Å². The standard InChI is InChI=1S/C16H23NO2/c1-16(9-11-4-3-5-11)10-14(17)13-8-12(18-2)6-7-15(13)19-16/h6-8,11,14H,3-5,9-10,17H2,1-2H3. The van der Waals surface area contributed by atoms with Crippen LogP contribution in [0.4, 0.5) is 0 Å². The van der Waals surface area contributed by atoms with Crippen LogP contribution in [-0.4, -0.2) is 12.7 Å². The second kappa shape index (κ2) is 4.71. The van der Waals surface area contributed by atoms with Gasteiger partial charge in [0.1, 0.15) is 17.1 Å². The third-order valence-electron chi connectivity index (χ3n) is 4.57. The second-order valence-electron chi connectivity index (χ2n) is 6.27. The molecular formula is C16H23NO2. The number of fused-ring (bicyclic) bond motifs is 1. The molecule has 0 radical (unpaired) electrons. The van der Waals surface area contributed by atoms with Gasteiger partial charge in [-0.3, -0.25) is 0 Å². The van der Waals surface area contributed by atoms with Gasteiger partial charge in [0.2, 0.25) is 0 Å². The van der Waals surface area contributed by atoms with Crippen molar-refractivity contribution in [2.45, 2.75) is 50.7 Å². The second-order valence-corrected chi connectivity index (χ2v) is 6.27. The van der Waals surface area contributed by atoms with E-state index < -0.39 is 0 Å². The van der Waals surface area contributed by atoms with E-state index in [1.807, 2.05) is 18.2 Å². The molecule has 3 heteroatoms. The molecule has 0 amide bonds. The van der Waals surface area contributed by atoms with E-state index in [4.69, 9.17) is 15.2 Å². The predicted molar refractivity (Wildman–Crippen MR) is 75.5 cm³/mol. The molecule has 1 aliphatic heterocycles. The fourth-order valence-electron chi connectivity index (χ4n) is 3.35. The van der Waals surface area contributed by atoms with E-state index in [1.54, 1.807) is 7.11 Å². The van der Waals surface area contributed by atoms with Crippen LogP contribution in [0.1, 0.15) is 50.6 Å². The molecule has 19 heavy (non-hydrogen) atoms. The monoisotopic (exact) mass is 261 g/mol. The lowest BCUT2D eigenvalue weighted by Crippen LogP contribution is -2.42. The molecule has 2 unspecified atom stereocenters. The first kappa shape index (κ1) is 12.8. The Kier molecular flexibility index (Phi) is 3.17. The fourth-order valence-corrected chi connectivity index (χ4v) is 3.35. The average Bonchev–Trinajstić information content (AvgIpc) is 2.34. The number of ether oxygens (including phenoxy) is 2. The molecule has 104 valence electrons. The first-order valence-corrected chi connectivity index (χ1v) is 7.22. The van der Waals surface area contributed by atoms with Crippen LogP contribution in [0.2, 0.25) is 0 Å². The molecule has 0 spiro atoms. The molecule has 3 rings (SSSR count). The number of hydrogen-bond donors (Lipinski definition) is 1. The van der Waals surface area contributed by atoms with Crippen LogP contribution in [-0.2, 0) is 0 Å². The minimum Gasteiger partial charge on any atom is -0.497 e. The van der Waals surface area contributed by atoms with E-state index in [9.17, 15) is 0 Å². The number of benzene rings is 1. The van der Waals surface area contributed by atoms with Crippen molar-refractivity contribution in [2.24, 2.45) is 11.7 Å². The molecule has 2 N–H and O–H groups in total. The van der Waals surface area contributed by atoms with Crippen LogP contribution >= 0.6 is 0 Å². The van der Waals surface area contributed by atoms with Crippen LogP contribution in [0.25, 0.3) is 0 Å². The zero-order valence-electron chi connectivity index (χ0n) is 11.8. The van der Waals surface area contributed by atoms with E-state index in [1.165, 1.54) is 19.3 Å². The smallest absolute Gasteiger partial charge is 0.125 e. The maximum absolute atomic E-state index is 6.35. The van der Waals surface area contributed by atoms with Crippen LogP contribution in [0.3, 0.4) is 0 Å². The lowest BCUT2D eigenvalue weighted by Gasteiger charge is -2.42. The Morgan fingerprint density at radius 2 is 2.21 bits per heavy atom. The van der Waals surface area contributed by atoms with E-state index in [0.717, 1.165) is 35.8 Å². The summed E-state index contributed by atoms with van der Waals surface area (Å²) >= 11 is 0. The van der Waals surface area contributed by atoms with Gasteiger partial charge < -0.3 is 15.2 Å². The van der Waals surface area contributed by atoms with E-state index >= 15 is 0 Å². The largest absolute Gasteiger partial charge is 0.497 e. The van der Waals surface area contributed by atoms with Gasteiger partial charge in [-0.1, -0.05) is 19.3 Å². The zero-order chi connectivity index (χ0) is 13.5. The van der Waals surface area contributed by atoms with Gasteiger partial charge in [0.15, 0.2) is 0 Å². The molecule has 1 fully saturated rings. The third kappa shape index (κ3) is 2.44. The van der Waals surface area contributed by atoms with Gasteiger partial charge in [-0.05, 0) is 37.5 Å². The van der Waals surface area contributed by atoms with Crippen molar-refractivity contribution in [3.63, 3.8) is 0 Å². The van der Waals surface area contributed by atoms with Gasteiger partial charge in [-0.15, -0.1) is 0 Å². The molecule has 0 saturated heterocycles. The first-order chi connectivity index (χ1) is 9.09. The summed E-state index contributed by atoms with van der Waals surface area (Å²) in [6.07, 6.45) is 6.10. The van der Waals surface area contributed by atoms with E-state index in [2.05, 4.69) is 6.92 Å². The zero-order valence-corrected chi connectivity index (χ0v) is 11.8. The van der Waals surface area contributed by atoms with Crippen molar-refractivity contribution in [1.29, 1.82) is 0 Å². The topological polar surface area (TPSA) is 44.5 Å². The minimum atomic E-state index is -0.105. The Balaban J connectivity index is 1.82.